The average Bonchev–Trinajstić information content (AvgIpc) is 2.01. The number of nitrogens with zero attached hydrogens (tertiary/aromatic N) is 2. The van der Waals surface area contributed by atoms with Gasteiger partial charge in [-0.15, -0.1) is 0 Å². The largest absolute Gasteiger partial charge is 0.436 e. The summed E-state index contributed by atoms with van der Waals surface area (Å²) in [6, 6.07) is -0.600. The Morgan fingerprint density at radius 1 is 1.33 bits per heavy atom. The van der Waals surface area contributed by atoms with E-state index in [9.17, 15) is 8.78 Å². The van der Waals surface area contributed by atoms with E-state index < -0.39 is 29.7 Å². The highest BCUT2D eigenvalue weighted by atomic mass is 35.5. The maximum Gasteiger partial charge on any atom is 0.324 e. The summed E-state index contributed by atoms with van der Waals surface area (Å²) in [5, 5.41) is 7.39. The number of hydrogen-bond donors (Lipinski definition) is 1. The van der Waals surface area contributed by atoms with Gasteiger partial charge in [-0.25, -0.2) is 0 Å². The zero-order chi connectivity index (χ0) is 9.14. The first kappa shape index (κ1) is 9.08. The van der Waals surface area contributed by atoms with Crippen LogP contribution < -0.4 is 4.74 Å². The summed E-state index contributed by atoms with van der Waals surface area (Å²) in [4.78, 5) is 5.98. The molecule has 12 heavy (non-hydrogen) atoms. The van der Waals surface area contributed by atoms with Crippen LogP contribution in [0.15, 0.2) is 0 Å². The molecule has 0 aliphatic rings. The maximum atomic E-state index is 12.5. The van der Waals surface area contributed by atoms with Crippen LogP contribution in [0.25, 0.3) is 0 Å². The molecule has 0 saturated carbocycles. The molecular formula is C5H3ClF2N2O2. The molecule has 7 heteroatoms. The SMILES string of the molecule is OCOc1nc(F)c(Cl)c(F)n1. The minimum atomic E-state index is -1.23. The van der Waals surface area contributed by atoms with Crippen molar-refractivity contribution >= 4 is 11.6 Å². The van der Waals surface area contributed by atoms with Gasteiger partial charge < -0.3 is 9.84 Å². The molecule has 1 heterocycles. The Morgan fingerprint density at radius 3 is 2.25 bits per heavy atom. The number of aromatic nitrogens is 2. The maximum absolute atomic E-state index is 12.5. The fraction of sp³-hybridized carbons (Fsp3) is 0.200. The third-order valence-corrected chi connectivity index (χ3v) is 1.26. The van der Waals surface area contributed by atoms with E-state index in [-0.39, 0.29) is 0 Å². The van der Waals surface area contributed by atoms with E-state index in [0.717, 1.165) is 0 Å². The van der Waals surface area contributed by atoms with Crippen LogP contribution in [0.4, 0.5) is 8.78 Å². The molecule has 0 aromatic carbocycles. The van der Waals surface area contributed by atoms with E-state index in [2.05, 4.69) is 14.7 Å². The molecule has 0 bridgehead atoms. The molecule has 66 valence electrons. The first-order valence-corrected chi connectivity index (χ1v) is 3.15. The van der Waals surface area contributed by atoms with Gasteiger partial charge in [-0.3, -0.25) is 0 Å². The molecule has 1 aromatic heterocycles. The number of ether oxygens (including phenoxy) is 1. The van der Waals surface area contributed by atoms with Crippen molar-refractivity contribution in [2.75, 3.05) is 6.79 Å². The van der Waals surface area contributed by atoms with Gasteiger partial charge in [-0.2, -0.15) is 18.7 Å². The predicted octanol–water partition coefficient (Wildman–Crippen LogP) is 0.737. The number of rotatable bonds is 2. The van der Waals surface area contributed by atoms with Gasteiger partial charge in [0, 0.05) is 0 Å². The lowest BCUT2D eigenvalue weighted by Gasteiger charge is -2.00. The van der Waals surface area contributed by atoms with Crippen molar-refractivity contribution in [3.63, 3.8) is 0 Å². The van der Waals surface area contributed by atoms with Crippen LogP contribution in [0.3, 0.4) is 0 Å². The van der Waals surface area contributed by atoms with Gasteiger partial charge in [0.15, 0.2) is 11.8 Å². The first-order chi connectivity index (χ1) is 5.65. The minimum absolute atomic E-state index is 0.600. The summed E-state index contributed by atoms with van der Waals surface area (Å²) in [6.45, 7) is -0.763. The highest BCUT2D eigenvalue weighted by Crippen LogP contribution is 2.17. The third-order valence-electron chi connectivity index (χ3n) is 0.943. The minimum Gasteiger partial charge on any atom is -0.436 e. The van der Waals surface area contributed by atoms with E-state index in [1.807, 2.05) is 0 Å². The van der Waals surface area contributed by atoms with Crippen molar-refractivity contribution in [2.45, 2.75) is 0 Å². The number of hydrogen-bond acceptors (Lipinski definition) is 4. The fourth-order valence-electron chi connectivity index (χ4n) is 0.499. The summed E-state index contributed by atoms with van der Waals surface area (Å²) in [5.41, 5.74) is 0. The van der Waals surface area contributed by atoms with Crippen LogP contribution >= 0.6 is 11.6 Å². The molecule has 1 N–H and O–H groups in total. The van der Waals surface area contributed by atoms with Crippen LogP contribution in [0, 0.1) is 11.9 Å². The third kappa shape index (κ3) is 1.77. The molecule has 0 spiro atoms. The van der Waals surface area contributed by atoms with E-state index in [1.54, 1.807) is 0 Å². The Hall–Kier alpha value is -1.01. The Labute approximate surface area is 70.8 Å². The highest BCUT2D eigenvalue weighted by molar-refractivity contribution is 6.30. The molecule has 0 unspecified atom stereocenters. The van der Waals surface area contributed by atoms with E-state index in [4.69, 9.17) is 16.7 Å². The molecule has 1 rings (SSSR count). The van der Waals surface area contributed by atoms with Crippen LogP contribution in [0.2, 0.25) is 5.02 Å². The average molecular weight is 197 g/mol. The summed E-state index contributed by atoms with van der Waals surface area (Å²) < 4.78 is 29.2. The topological polar surface area (TPSA) is 55.2 Å². The lowest BCUT2D eigenvalue weighted by atomic mass is 10.6. The summed E-state index contributed by atoms with van der Waals surface area (Å²) in [7, 11) is 0. The Kier molecular flexibility index (Phi) is 2.72. The van der Waals surface area contributed by atoms with E-state index >= 15 is 0 Å². The van der Waals surface area contributed by atoms with Crippen LogP contribution in [-0.2, 0) is 0 Å². The van der Waals surface area contributed by atoms with Gasteiger partial charge in [0.25, 0.3) is 0 Å². The van der Waals surface area contributed by atoms with Gasteiger partial charge in [-0.05, 0) is 0 Å². The molecule has 1 aromatic rings. The lowest BCUT2D eigenvalue weighted by molar-refractivity contribution is 0.0872. The van der Waals surface area contributed by atoms with E-state index in [1.165, 1.54) is 0 Å². The van der Waals surface area contributed by atoms with Crippen LogP contribution in [0.1, 0.15) is 0 Å². The molecule has 0 atom stereocenters. The van der Waals surface area contributed by atoms with Crippen molar-refractivity contribution in [2.24, 2.45) is 0 Å². The quantitative estimate of drug-likeness (QED) is 0.560. The molecular weight excluding hydrogens is 194 g/mol. The summed E-state index contributed by atoms with van der Waals surface area (Å²) in [6.07, 6.45) is 0. The first-order valence-electron chi connectivity index (χ1n) is 2.77. The molecule has 0 fully saturated rings. The molecule has 0 radical (unpaired) electrons. The number of halogens is 3. The number of aliphatic hydroxyl groups excluding tert-OH is 1. The molecule has 0 aliphatic carbocycles. The van der Waals surface area contributed by atoms with Gasteiger partial charge in [0.05, 0.1) is 0 Å². The van der Waals surface area contributed by atoms with Crippen molar-refractivity contribution in [3.8, 4) is 6.01 Å². The number of aliphatic hydroxyl groups is 1. The summed E-state index contributed by atoms with van der Waals surface area (Å²) >= 11 is 5.06. The van der Waals surface area contributed by atoms with Crippen LogP contribution in [-0.4, -0.2) is 21.9 Å². The van der Waals surface area contributed by atoms with Gasteiger partial charge in [0.2, 0.25) is 11.9 Å². The molecule has 0 amide bonds. The van der Waals surface area contributed by atoms with Crippen molar-refractivity contribution in [1.82, 2.24) is 9.97 Å². The normalized spacial score (nSPS) is 10.0. The van der Waals surface area contributed by atoms with Crippen molar-refractivity contribution in [3.05, 3.63) is 16.9 Å². The van der Waals surface area contributed by atoms with Crippen LogP contribution in [0.5, 0.6) is 6.01 Å². The van der Waals surface area contributed by atoms with Gasteiger partial charge in [0.1, 0.15) is 0 Å². The second kappa shape index (κ2) is 3.59. The molecule has 0 saturated heterocycles. The zero-order valence-corrected chi connectivity index (χ0v) is 6.35. The zero-order valence-electron chi connectivity index (χ0n) is 5.59. The van der Waals surface area contributed by atoms with Gasteiger partial charge >= 0.3 is 6.01 Å². The standard InChI is InChI=1S/C5H3ClF2N2O2/c6-2-3(7)9-5(12-1-11)10-4(2)8/h11H,1H2. The van der Waals surface area contributed by atoms with Crippen molar-refractivity contribution in [1.29, 1.82) is 0 Å². The Morgan fingerprint density at radius 2 is 1.83 bits per heavy atom. The summed E-state index contributed by atoms with van der Waals surface area (Å²) in [5.74, 6) is -2.46. The molecule has 4 nitrogen and oxygen atoms in total. The smallest absolute Gasteiger partial charge is 0.324 e. The molecule has 0 aliphatic heterocycles. The lowest BCUT2D eigenvalue weighted by Crippen LogP contribution is -2.03. The second-order valence-electron chi connectivity index (χ2n) is 1.68. The Balaban J connectivity index is 3.04. The van der Waals surface area contributed by atoms with E-state index in [0.29, 0.717) is 0 Å². The second-order valence-corrected chi connectivity index (χ2v) is 2.05. The highest BCUT2D eigenvalue weighted by Gasteiger charge is 2.12. The van der Waals surface area contributed by atoms with Gasteiger partial charge in [-0.1, -0.05) is 11.6 Å². The predicted molar refractivity (Wildman–Crippen MR) is 34.7 cm³/mol. The fourth-order valence-corrected chi connectivity index (χ4v) is 0.583. The Bertz CT molecular complexity index is 274. The monoisotopic (exact) mass is 196 g/mol. The van der Waals surface area contributed by atoms with Crippen molar-refractivity contribution < 1.29 is 18.6 Å².